The van der Waals surface area contributed by atoms with Crippen LogP contribution in [0, 0.1) is 12.7 Å². The molecular weight excluding hydrogens is 997 g/mol. The van der Waals surface area contributed by atoms with Crippen LogP contribution in [0.1, 0.15) is 64.4 Å². The minimum atomic E-state index is -4.87. The van der Waals surface area contributed by atoms with Crippen molar-refractivity contribution in [3.05, 3.63) is 169 Å². The maximum absolute atomic E-state index is 14.5. The van der Waals surface area contributed by atoms with Gasteiger partial charge >= 0.3 is 18.0 Å². The Balaban J connectivity index is 0.000000236. The minimum Gasteiger partial charge on any atom is -0.491 e. The van der Waals surface area contributed by atoms with Crippen molar-refractivity contribution in [2.75, 3.05) is 20.3 Å². The Hall–Kier alpha value is -7.08. The number of hydrogen-bond acceptors (Lipinski definition) is 17. The predicted octanol–water partition coefficient (Wildman–Crippen LogP) is 8.52. The third-order valence-electron chi connectivity index (χ3n) is 10.4. The van der Waals surface area contributed by atoms with Crippen LogP contribution in [0.5, 0.6) is 17.2 Å². The SMILES string of the molecule is CCc1oc(=O)oc1COC(COc1ccc(CC(SC=O)C(=O)NC)cc1)c1ccccc1F.Cc1oc(=O)oc1COC(COc1ccc(CC2SC(=O)NC2=O)cc1)c1cccc(OC(F)(F)F)c1. The lowest BCUT2D eigenvalue weighted by Gasteiger charge is -2.20. The first-order chi connectivity index (χ1) is 34.5. The molecule has 4 atom stereocenters. The van der Waals surface area contributed by atoms with E-state index in [1.807, 2.05) is 6.92 Å². The van der Waals surface area contributed by atoms with Crippen molar-refractivity contribution in [3.63, 3.8) is 0 Å². The van der Waals surface area contributed by atoms with E-state index in [1.54, 1.807) is 72.8 Å². The average molecular weight is 1040 g/mol. The number of ether oxygens (including phenoxy) is 5. The third-order valence-corrected chi connectivity index (χ3v) is 12.2. The molecule has 17 nitrogen and oxygen atoms in total. The standard InChI is InChI=1S/C25H26FNO7S.C24H20F3NO8S/c1-3-20-22(34-25(30)33-20)14-32-21(18-6-4-5-7-19(18)26)13-31-17-10-8-16(9-11-17)12-23(35-15-28)24(29)27-2;1-13-18(35-23(31)34-13)11-33-19(15-3-2-4-17(10-15)36-24(25,26)27)12-32-16-7-5-14(6-8-16)9-20-21(29)28-22(30)37-20/h4-11,15,21,23H,3,12-14H2,1-2H3,(H,27,29);2-8,10,19-20H,9,11-12H2,1H3,(H,28,29,30). The van der Waals surface area contributed by atoms with Gasteiger partial charge in [-0.2, -0.15) is 0 Å². The van der Waals surface area contributed by atoms with Crippen molar-refractivity contribution in [2.45, 2.75) is 75.4 Å². The third kappa shape index (κ3) is 16.2. The zero-order valence-corrected chi connectivity index (χ0v) is 40.2. The maximum Gasteiger partial charge on any atom is 0.573 e. The number of halogens is 4. The lowest BCUT2D eigenvalue weighted by Crippen LogP contribution is -2.31. The van der Waals surface area contributed by atoms with E-state index in [4.69, 9.17) is 36.6 Å². The quantitative estimate of drug-likeness (QED) is 0.0453. The van der Waals surface area contributed by atoms with Crippen LogP contribution in [0.25, 0.3) is 0 Å². The summed E-state index contributed by atoms with van der Waals surface area (Å²) in [7, 11) is 1.52. The Labute approximate surface area is 415 Å². The van der Waals surface area contributed by atoms with Gasteiger partial charge in [0.25, 0.3) is 5.24 Å². The number of imide groups is 1. The first kappa shape index (κ1) is 54.3. The van der Waals surface area contributed by atoms with Gasteiger partial charge in [0.2, 0.25) is 11.8 Å². The van der Waals surface area contributed by atoms with Crippen molar-refractivity contribution in [2.24, 2.45) is 0 Å². The summed E-state index contributed by atoms with van der Waals surface area (Å²) < 4.78 is 99.7. The Morgan fingerprint density at radius 3 is 2.00 bits per heavy atom. The van der Waals surface area contributed by atoms with Crippen LogP contribution in [0.15, 0.2) is 124 Å². The molecule has 1 aliphatic rings. The van der Waals surface area contributed by atoms with Gasteiger partial charge in [0.05, 0.1) is 10.5 Å². The van der Waals surface area contributed by atoms with Gasteiger partial charge in [0, 0.05) is 19.0 Å². The van der Waals surface area contributed by atoms with Crippen LogP contribution in [0.4, 0.5) is 22.4 Å². The molecule has 0 aliphatic carbocycles. The molecule has 3 heterocycles. The molecule has 0 radical (unpaired) electrons. The zero-order chi connectivity index (χ0) is 51.8. The molecule has 382 valence electrons. The second kappa shape index (κ2) is 25.9. The summed E-state index contributed by atoms with van der Waals surface area (Å²) in [5, 5.41) is 3.37. The summed E-state index contributed by atoms with van der Waals surface area (Å²) in [4.78, 5) is 68.6. The number of carbonyl (C=O) groups excluding carboxylic acids is 4. The lowest BCUT2D eigenvalue weighted by molar-refractivity contribution is -0.274. The molecule has 4 aromatic carbocycles. The summed E-state index contributed by atoms with van der Waals surface area (Å²) in [5.74, 6) is -1.24. The van der Waals surface area contributed by atoms with Crippen LogP contribution in [-0.4, -0.2) is 59.8 Å². The van der Waals surface area contributed by atoms with E-state index in [1.165, 1.54) is 32.2 Å². The average Bonchev–Trinajstić information content (AvgIpc) is 4.00. The topological polar surface area (TPSA) is 225 Å². The van der Waals surface area contributed by atoms with Crippen molar-refractivity contribution in [3.8, 4) is 17.2 Å². The Morgan fingerprint density at radius 2 is 1.40 bits per heavy atom. The maximum atomic E-state index is 14.5. The fraction of sp³-hybridized carbons (Fsp3) is 0.306. The number of hydrogen-bond donors (Lipinski definition) is 2. The van der Waals surface area contributed by atoms with Crippen molar-refractivity contribution in [1.82, 2.24) is 10.6 Å². The molecule has 1 saturated heterocycles. The smallest absolute Gasteiger partial charge is 0.491 e. The van der Waals surface area contributed by atoms with Gasteiger partial charge in [0.15, 0.2) is 22.9 Å². The van der Waals surface area contributed by atoms with E-state index in [-0.39, 0.29) is 60.8 Å². The van der Waals surface area contributed by atoms with Crippen LogP contribution in [0.2, 0.25) is 0 Å². The second-order valence-corrected chi connectivity index (χ2v) is 17.6. The number of aryl methyl sites for hydroxylation is 2. The summed E-state index contributed by atoms with van der Waals surface area (Å²) >= 11 is 1.85. The number of nitrogens with one attached hydrogen (secondary N) is 2. The molecule has 72 heavy (non-hydrogen) atoms. The molecule has 7 rings (SSSR count). The van der Waals surface area contributed by atoms with Crippen LogP contribution in [0.3, 0.4) is 0 Å². The first-order valence-electron chi connectivity index (χ1n) is 21.8. The largest absolute Gasteiger partial charge is 0.573 e. The first-order valence-corrected chi connectivity index (χ1v) is 23.6. The lowest BCUT2D eigenvalue weighted by atomic mass is 10.1. The molecule has 3 amide bonds. The molecule has 4 unspecified atom stereocenters. The number of alkyl halides is 3. The Bertz CT molecular complexity index is 2880. The summed E-state index contributed by atoms with van der Waals surface area (Å²) in [6.45, 7) is 2.92. The van der Waals surface area contributed by atoms with E-state index in [9.17, 15) is 46.3 Å². The highest BCUT2D eigenvalue weighted by atomic mass is 32.2. The van der Waals surface area contributed by atoms with E-state index < -0.39 is 52.3 Å². The molecule has 2 N–H and O–H groups in total. The minimum absolute atomic E-state index is 0.00825. The molecule has 0 spiro atoms. The number of amides is 3. The van der Waals surface area contributed by atoms with Crippen molar-refractivity contribution < 1.29 is 78.1 Å². The van der Waals surface area contributed by atoms with Gasteiger partial charge in [-0.3, -0.25) is 24.5 Å². The summed E-state index contributed by atoms with van der Waals surface area (Å²) in [6, 6.07) is 25.3. The molecule has 1 fully saturated rings. The van der Waals surface area contributed by atoms with Gasteiger partial charge in [-0.1, -0.05) is 85.0 Å². The highest BCUT2D eigenvalue weighted by Gasteiger charge is 2.33. The van der Waals surface area contributed by atoms with Gasteiger partial charge in [-0.25, -0.2) is 14.0 Å². The Morgan fingerprint density at radius 1 is 0.792 bits per heavy atom. The van der Waals surface area contributed by atoms with Crippen LogP contribution >= 0.6 is 23.5 Å². The van der Waals surface area contributed by atoms with E-state index in [2.05, 4.69) is 15.4 Å². The van der Waals surface area contributed by atoms with Crippen molar-refractivity contribution in [1.29, 1.82) is 0 Å². The summed E-state index contributed by atoms with van der Waals surface area (Å²) in [5.41, 5.74) is 2.94. The molecule has 0 bridgehead atoms. The van der Waals surface area contributed by atoms with Gasteiger partial charge in [-0.05, 0) is 78.9 Å². The zero-order valence-electron chi connectivity index (χ0n) is 38.5. The highest BCUT2D eigenvalue weighted by Crippen LogP contribution is 2.30. The second-order valence-electron chi connectivity index (χ2n) is 15.4. The number of carbonyl (C=O) groups is 4. The van der Waals surface area contributed by atoms with Crippen LogP contribution < -0.4 is 36.5 Å². The molecular formula is C49H46F4N2O15S2. The van der Waals surface area contributed by atoms with Crippen LogP contribution in [-0.2, 0) is 56.3 Å². The van der Waals surface area contributed by atoms with E-state index >= 15 is 0 Å². The normalized spacial score (nSPS) is 14.6. The highest BCUT2D eigenvalue weighted by molar-refractivity contribution is 8.15. The number of rotatable bonds is 23. The predicted molar refractivity (Wildman–Crippen MR) is 252 cm³/mol. The molecule has 1 aliphatic heterocycles. The molecule has 2 aromatic heterocycles. The fourth-order valence-electron chi connectivity index (χ4n) is 6.86. The molecule has 23 heteroatoms. The number of thioether (sulfide) groups is 2. The van der Waals surface area contributed by atoms with Gasteiger partial charge < -0.3 is 46.7 Å². The monoisotopic (exact) mass is 1040 g/mol. The molecule has 0 saturated carbocycles. The van der Waals surface area contributed by atoms with Gasteiger partial charge in [-0.15, -0.1) is 13.2 Å². The Kier molecular flexibility index (Phi) is 19.5. The van der Waals surface area contributed by atoms with Crippen molar-refractivity contribution >= 4 is 46.2 Å². The van der Waals surface area contributed by atoms with E-state index in [0.29, 0.717) is 53.3 Å². The number of benzene rings is 4. The summed E-state index contributed by atoms with van der Waals surface area (Å²) in [6.07, 6.45) is -5.35. The molecule has 6 aromatic rings. The van der Waals surface area contributed by atoms with Gasteiger partial charge in [0.1, 0.15) is 67.5 Å². The fourth-order valence-corrected chi connectivity index (χ4v) is 8.39. The van der Waals surface area contributed by atoms with E-state index in [0.717, 1.165) is 40.7 Å².